The minimum atomic E-state index is 0.621. The molecule has 0 fully saturated rings. The highest BCUT2D eigenvalue weighted by atomic mass is 32.1. The molecule has 0 saturated heterocycles. The number of hydrogen-bond acceptors (Lipinski definition) is 3. The van der Waals surface area contributed by atoms with Crippen LogP contribution in [-0.2, 0) is 0 Å². The second kappa shape index (κ2) is 4.24. The molecule has 0 aliphatic heterocycles. The summed E-state index contributed by atoms with van der Waals surface area (Å²) in [5.41, 5.74) is 6.39. The first-order valence-electron chi connectivity index (χ1n) is 3.87. The van der Waals surface area contributed by atoms with Crippen LogP contribution in [0.25, 0.3) is 0 Å². The van der Waals surface area contributed by atoms with E-state index in [1.165, 1.54) is 4.88 Å². The summed E-state index contributed by atoms with van der Waals surface area (Å²) in [5, 5.41) is 0.901. The van der Waals surface area contributed by atoms with Crippen molar-refractivity contribution in [1.82, 2.24) is 4.98 Å². The van der Waals surface area contributed by atoms with E-state index in [0.29, 0.717) is 6.54 Å². The first kappa shape index (κ1) is 9.24. The summed E-state index contributed by atoms with van der Waals surface area (Å²) >= 11 is 1.64. The van der Waals surface area contributed by atoms with Gasteiger partial charge < -0.3 is 5.73 Å². The number of nitrogens with zero attached hydrogens (tertiary/aromatic N) is 1. The summed E-state index contributed by atoms with van der Waals surface area (Å²) in [5.74, 6) is 5.95. The van der Waals surface area contributed by atoms with E-state index in [-0.39, 0.29) is 0 Å². The number of hydrogen-bond donors (Lipinski definition) is 1. The van der Waals surface area contributed by atoms with Gasteiger partial charge in [0.05, 0.1) is 5.69 Å². The second-order valence-corrected chi connectivity index (χ2v) is 3.70. The molecule has 2 nitrogen and oxygen atoms in total. The van der Waals surface area contributed by atoms with E-state index in [0.717, 1.165) is 17.1 Å². The molecule has 0 spiro atoms. The summed E-state index contributed by atoms with van der Waals surface area (Å²) < 4.78 is 0. The highest BCUT2D eigenvalue weighted by Gasteiger charge is 1.98. The van der Waals surface area contributed by atoms with Crippen LogP contribution in [0.5, 0.6) is 0 Å². The van der Waals surface area contributed by atoms with E-state index >= 15 is 0 Å². The van der Waals surface area contributed by atoms with Crippen molar-refractivity contribution >= 4 is 11.3 Å². The van der Waals surface area contributed by atoms with E-state index in [9.17, 15) is 0 Å². The van der Waals surface area contributed by atoms with Gasteiger partial charge in [-0.3, -0.25) is 0 Å². The smallest absolute Gasteiger partial charge is 0.167 e. The van der Waals surface area contributed by atoms with Crippen LogP contribution in [0.4, 0.5) is 0 Å². The fourth-order valence-corrected chi connectivity index (χ4v) is 1.53. The SMILES string of the molecule is Cc1nc(C#CCCN)sc1C. The highest BCUT2D eigenvalue weighted by molar-refractivity contribution is 7.12. The average Bonchev–Trinajstić information content (AvgIpc) is 2.32. The van der Waals surface area contributed by atoms with E-state index in [1.807, 2.05) is 6.92 Å². The van der Waals surface area contributed by atoms with Crippen molar-refractivity contribution in [2.75, 3.05) is 6.54 Å². The van der Waals surface area contributed by atoms with Crippen LogP contribution in [0.3, 0.4) is 0 Å². The Kier molecular flexibility index (Phi) is 3.27. The van der Waals surface area contributed by atoms with E-state index in [1.54, 1.807) is 11.3 Å². The number of nitrogens with two attached hydrogens (primary N) is 1. The predicted molar refractivity (Wildman–Crippen MR) is 52.1 cm³/mol. The van der Waals surface area contributed by atoms with Crippen LogP contribution in [0.1, 0.15) is 22.0 Å². The lowest BCUT2D eigenvalue weighted by atomic mass is 10.4. The summed E-state index contributed by atoms with van der Waals surface area (Å²) in [4.78, 5) is 5.53. The molecular formula is C9H12N2S. The minimum Gasteiger partial charge on any atom is -0.330 e. The molecule has 1 rings (SSSR count). The molecule has 0 saturated carbocycles. The summed E-state index contributed by atoms with van der Waals surface area (Å²) in [7, 11) is 0. The monoisotopic (exact) mass is 180 g/mol. The third-order valence-electron chi connectivity index (χ3n) is 1.49. The molecule has 0 radical (unpaired) electrons. The number of aryl methyl sites for hydroxylation is 2. The normalized spacial score (nSPS) is 9.25. The first-order valence-corrected chi connectivity index (χ1v) is 4.68. The molecule has 1 aromatic rings. The summed E-state index contributed by atoms with van der Waals surface area (Å²) in [6, 6.07) is 0. The molecule has 0 aromatic carbocycles. The topological polar surface area (TPSA) is 38.9 Å². The van der Waals surface area contributed by atoms with Crippen molar-refractivity contribution in [1.29, 1.82) is 0 Å². The Morgan fingerprint density at radius 3 is 2.75 bits per heavy atom. The highest BCUT2D eigenvalue weighted by Crippen LogP contribution is 2.14. The maximum atomic E-state index is 5.31. The van der Waals surface area contributed by atoms with Gasteiger partial charge in [-0.25, -0.2) is 4.98 Å². The van der Waals surface area contributed by atoms with Crippen molar-refractivity contribution in [3.8, 4) is 11.8 Å². The molecule has 12 heavy (non-hydrogen) atoms. The van der Waals surface area contributed by atoms with Crippen LogP contribution in [0, 0.1) is 25.7 Å². The van der Waals surface area contributed by atoms with Gasteiger partial charge in [0.25, 0.3) is 0 Å². The molecule has 64 valence electrons. The molecule has 0 aliphatic carbocycles. The first-order chi connectivity index (χ1) is 5.74. The Morgan fingerprint density at radius 2 is 2.25 bits per heavy atom. The lowest BCUT2D eigenvalue weighted by Gasteiger charge is -1.78. The third-order valence-corrected chi connectivity index (χ3v) is 2.48. The van der Waals surface area contributed by atoms with Crippen molar-refractivity contribution in [3.63, 3.8) is 0 Å². The molecule has 1 heterocycles. The van der Waals surface area contributed by atoms with Gasteiger partial charge in [0.1, 0.15) is 0 Å². The predicted octanol–water partition coefficient (Wildman–Crippen LogP) is 1.46. The number of rotatable bonds is 1. The van der Waals surface area contributed by atoms with Crippen molar-refractivity contribution in [3.05, 3.63) is 15.6 Å². The maximum Gasteiger partial charge on any atom is 0.167 e. The molecule has 3 heteroatoms. The quantitative estimate of drug-likeness (QED) is 0.664. The number of aromatic nitrogens is 1. The van der Waals surface area contributed by atoms with Crippen LogP contribution in [-0.4, -0.2) is 11.5 Å². The minimum absolute atomic E-state index is 0.621. The van der Waals surface area contributed by atoms with Gasteiger partial charge in [0.15, 0.2) is 5.01 Å². The standard InChI is InChI=1S/C9H12N2S/c1-7-8(2)12-9(11-7)5-3-4-6-10/h4,6,10H2,1-2H3. The molecule has 2 N–H and O–H groups in total. The second-order valence-electron chi connectivity index (χ2n) is 2.50. The molecule has 0 amide bonds. The maximum absolute atomic E-state index is 5.31. The van der Waals surface area contributed by atoms with Gasteiger partial charge in [0, 0.05) is 17.8 Å². The molecule has 0 bridgehead atoms. The Balaban J connectivity index is 2.72. The number of thiazole rings is 1. The Morgan fingerprint density at radius 1 is 1.50 bits per heavy atom. The van der Waals surface area contributed by atoms with Crippen molar-refractivity contribution in [2.45, 2.75) is 20.3 Å². The van der Waals surface area contributed by atoms with E-state index in [2.05, 4.69) is 23.7 Å². The average molecular weight is 180 g/mol. The van der Waals surface area contributed by atoms with E-state index < -0.39 is 0 Å². The zero-order chi connectivity index (χ0) is 8.97. The van der Waals surface area contributed by atoms with Crippen LogP contribution in [0.2, 0.25) is 0 Å². The molecular weight excluding hydrogens is 168 g/mol. The zero-order valence-corrected chi connectivity index (χ0v) is 8.16. The van der Waals surface area contributed by atoms with Gasteiger partial charge >= 0.3 is 0 Å². The largest absolute Gasteiger partial charge is 0.330 e. The summed E-state index contributed by atoms with van der Waals surface area (Å²) in [6.45, 7) is 4.68. The zero-order valence-electron chi connectivity index (χ0n) is 7.35. The van der Waals surface area contributed by atoms with Gasteiger partial charge in [0.2, 0.25) is 0 Å². The van der Waals surface area contributed by atoms with E-state index in [4.69, 9.17) is 5.73 Å². The summed E-state index contributed by atoms with van der Waals surface area (Å²) in [6.07, 6.45) is 0.748. The van der Waals surface area contributed by atoms with Gasteiger partial charge in [-0.05, 0) is 19.8 Å². The molecule has 0 unspecified atom stereocenters. The lowest BCUT2D eigenvalue weighted by molar-refractivity contribution is 1.03. The lowest BCUT2D eigenvalue weighted by Crippen LogP contribution is -1.95. The Bertz CT molecular complexity index is 298. The molecule has 0 atom stereocenters. The van der Waals surface area contributed by atoms with Crippen LogP contribution < -0.4 is 5.73 Å². The van der Waals surface area contributed by atoms with Gasteiger partial charge in [-0.1, -0.05) is 5.92 Å². The van der Waals surface area contributed by atoms with Crippen LogP contribution in [0.15, 0.2) is 0 Å². The fraction of sp³-hybridized carbons (Fsp3) is 0.444. The molecule has 0 aliphatic rings. The molecule has 1 aromatic heterocycles. The Hall–Kier alpha value is -0.850. The fourth-order valence-electron chi connectivity index (χ4n) is 0.736. The van der Waals surface area contributed by atoms with Crippen molar-refractivity contribution < 1.29 is 0 Å². The Labute approximate surface area is 76.8 Å². The van der Waals surface area contributed by atoms with Gasteiger partial charge in [-0.2, -0.15) is 0 Å². The van der Waals surface area contributed by atoms with Crippen LogP contribution >= 0.6 is 11.3 Å². The van der Waals surface area contributed by atoms with Crippen molar-refractivity contribution in [2.24, 2.45) is 5.73 Å². The third kappa shape index (κ3) is 2.33. The van der Waals surface area contributed by atoms with Gasteiger partial charge in [-0.15, -0.1) is 11.3 Å².